The molecule has 1 heterocycles. The molecule has 2 N–H and O–H groups in total. The predicted octanol–water partition coefficient (Wildman–Crippen LogP) is 2.39. The molecule has 1 aliphatic rings. The minimum atomic E-state index is -0.0331. The summed E-state index contributed by atoms with van der Waals surface area (Å²) in [6, 6.07) is 3.83. The first-order valence-corrected chi connectivity index (χ1v) is 6.67. The number of carbonyl (C=O) groups excluding carboxylic acids is 1. The van der Waals surface area contributed by atoms with E-state index < -0.39 is 0 Å². The molecule has 1 amide bonds. The lowest BCUT2D eigenvalue weighted by molar-refractivity contribution is 0.0646. The number of rotatable bonds is 3. The van der Waals surface area contributed by atoms with E-state index in [0.717, 1.165) is 18.8 Å². The molecule has 0 aromatic carbocycles. The lowest BCUT2D eigenvalue weighted by atomic mass is 9.87. The van der Waals surface area contributed by atoms with Crippen LogP contribution in [0.25, 0.3) is 0 Å². The van der Waals surface area contributed by atoms with Gasteiger partial charge in [0.15, 0.2) is 5.76 Å². The Kier molecular flexibility index (Phi) is 4.07. The van der Waals surface area contributed by atoms with Crippen LogP contribution in [0.2, 0.25) is 0 Å². The molecule has 0 spiro atoms. The fraction of sp³-hybridized carbons (Fsp3) is 0.643. The number of amides is 1. The van der Waals surface area contributed by atoms with E-state index in [2.05, 4.69) is 6.92 Å². The van der Waals surface area contributed by atoms with Gasteiger partial charge < -0.3 is 15.1 Å². The molecule has 4 heteroatoms. The smallest absolute Gasteiger partial charge is 0.289 e. The van der Waals surface area contributed by atoms with Gasteiger partial charge in [-0.3, -0.25) is 4.79 Å². The van der Waals surface area contributed by atoms with Crippen molar-refractivity contribution in [1.29, 1.82) is 0 Å². The van der Waals surface area contributed by atoms with Gasteiger partial charge in [-0.15, -0.1) is 0 Å². The minimum Gasteiger partial charge on any atom is -0.455 e. The number of nitrogens with two attached hydrogens (primary N) is 1. The zero-order chi connectivity index (χ0) is 13.1. The normalized spacial score (nSPS) is 23.9. The lowest BCUT2D eigenvalue weighted by Crippen LogP contribution is -2.39. The van der Waals surface area contributed by atoms with Crippen molar-refractivity contribution in [3.63, 3.8) is 0 Å². The van der Waals surface area contributed by atoms with E-state index >= 15 is 0 Å². The van der Waals surface area contributed by atoms with Crippen LogP contribution in [-0.4, -0.2) is 23.9 Å². The van der Waals surface area contributed by atoms with Crippen LogP contribution < -0.4 is 5.73 Å². The average molecular weight is 250 g/mol. The standard InChI is InChI=1S/C14H22N2O2/c1-10-3-5-11(6-4-10)16(2)14(17)13-8-7-12(9-15)18-13/h7-8,10-11H,3-6,9,15H2,1-2H3. The third kappa shape index (κ3) is 2.75. The monoisotopic (exact) mass is 250 g/mol. The molecule has 0 unspecified atom stereocenters. The molecule has 0 atom stereocenters. The third-order valence-corrected chi connectivity index (χ3v) is 3.93. The van der Waals surface area contributed by atoms with Gasteiger partial charge in [-0.05, 0) is 43.7 Å². The Morgan fingerprint density at radius 1 is 1.39 bits per heavy atom. The molecule has 1 aliphatic carbocycles. The topological polar surface area (TPSA) is 59.5 Å². The fourth-order valence-electron chi connectivity index (χ4n) is 2.57. The molecule has 0 saturated heterocycles. The molecule has 1 aromatic rings. The highest BCUT2D eigenvalue weighted by Crippen LogP contribution is 2.27. The van der Waals surface area contributed by atoms with Crippen LogP contribution in [0.3, 0.4) is 0 Å². The van der Waals surface area contributed by atoms with Crippen molar-refractivity contribution < 1.29 is 9.21 Å². The Morgan fingerprint density at radius 2 is 2.06 bits per heavy atom. The van der Waals surface area contributed by atoms with Gasteiger partial charge in [-0.25, -0.2) is 0 Å². The lowest BCUT2D eigenvalue weighted by Gasteiger charge is -2.33. The van der Waals surface area contributed by atoms with Crippen LogP contribution in [0, 0.1) is 5.92 Å². The van der Waals surface area contributed by atoms with E-state index in [9.17, 15) is 4.79 Å². The van der Waals surface area contributed by atoms with Crippen LogP contribution in [0.5, 0.6) is 0 Å². The quantitative estimate of drug-likeness (QED) is 0.896. The molecule has 1 fully saturated rings. The molecule has 100 valence electrons. The maximum absolute atomic E-state index is 12.2. The Hall–Kier alpha value is -1.29. The van der Waals surface area contributed by atoms with Crippen molar-refractivity contribution in [1.82, 2.24) is 4.90 Å². The van der Waals surface area contributed by atoms with Gasteiger partial charge in [-0.2, -0.15) is 0 Å². The largest absolute Gasteiger partial charge is 0.455 e. The first-order valence-electron chi connectivity index (χ1n) is 6.67. The zero-order valence-electron chi connectivity index (χ0n) is 11.2. The van der Waals surface area contributed by atoms with Crippen LogP contribution >= 0.6 is 0 Å². The van der Waals surface area contributed by atoms with Crippen LogP contribution in [0.4, 0.5) is 0 Å². The molecular formula is C14H22N2O2. The van der Waals surface area contributed by atoms with Crippen LogP contribution in [0.1, 0.15) is 48.9 Å². The molecule has 0 aliphatic heterocycles. The summed E-state index contributed by atoms with van der Waals surface area (Å²) in [5, 5.41) is 0. The van der Waals surface area contributed by atoms with E-state index in [0.29, 0.717) is 24.1 Å². The average Bonchev–Trinajstić information content (AvgIpc) is 2.86. The summed E-state index contributed by atoms with van der Waals surface area (Å²) in [5.41, 5.74) is 5.48. The van der Waals surface area contributed by atoms with Crippen LogP contribution in [-0.2, 0) is 6.54 Å². The molecule has 0 radical (unpaired) electrons. The molecular weight excluding hydrogens is 228 g/mol. The summed E-state index contributed by atoms with van der Waals surface area (Å²) in [6.45, 7) is 2.61. The Bertz CT molecular complexity index is 406. The van der Waals surface area contributed by atoms with Gasteiger partial charge in [0, 0.05) is 13.1 Å². The summed E-state index contributed by atoms with van der Waals surface area (Å²) in [4.78, 5) is 14.1. The Balaban J connectivity index is 1.99. The SMILES string of the molecule is CC1CCC(N(C)C(=O)c2ccc(CN)o2)CC1. The van der Waals surface area contributed by atoms with E-state index in [1.807, 2.05) is 11.9 Å². The van der Waals surface area contributed by atoms with Crippen molar-refractivity contribution in [2.24, 2.45) is 11.7 Å². The number of carbonyl (C=O) groups is 1. The number of hydrogen-bond donors (Lipinski definition) is 1. The Morgan fingerprint density at radius 3 is 2.61 bits per heavy atom. The summed E-state index contributed by atoms with van der Waals surface area (Å²) < 4.78 is 5.41. The van der Waals surface area contributed by atoms with Crippen molar-refractivity contribution in [3.8, 4) is 0 Å². The maximum atomic E-state index is 12.2. The number of furan rings is 1. The van der Waals surface area contributed by atoms with E-state index in [4.69, 9.17) is 10.2 Å². The molecule has 1 aromatic heterocycles. The summed E-state index contributed by atoms with van der Waals surface area (Å²) in [5.74, 6) is 1.81. The fourth-order valence-corrected chi connectivity index (χ4v) is 2.57. The molecule has 1 saturated carbocycles. The third-order valence-electron chi connectivity index (χ3n) is 3.93. The van der Waals surface area contributed by atoms with Crippen LogP contribution in [0.15, 0.2) is 16.5 Å². The second-order valence-electron chi connectivity index (χ2n) is 5.30. The number of nitrogens with zero attached hydrogens (tertiary/aromatic N) is 1. The van der Waals surface area contributed by atoms with Gasteiger partial charge >= 0.3 is 0 Å². The first kappa shape index (κ1) is 13.1. The van der Waals surface area contributed by atoms with E-state index in [-0.39, 0.29) is 5.91 Å². The van der Waals surface area contributed by atoms with Gasteiger partial charge in [0.1, 0.15) is 5.76 Å². The van der Waals surface area contributed by atoms with Crippen molar-refractivity contribution in [2.45, 2.75) is 45.2 Å². The zero-order valence-corrected chi connectivity index (χ0v) is 11.2. The first-order chi connectivity index (χ1) is 8.61. The second-order valence-corrected chi connectivity index (χ2v) is 5.30. The summed E-state index contributed by atoms with van der Waals surface area (Å²) >= 11 is 0. The van der Waals surface area contributed by atoms with Gasteiger partial charge in [-0.1, -0.05) is 6.92 Å². The van der Waals surface area contributed by atoms with Gasteiger partial charge in [0.05, 0.1) is 6.54 Å². The predicted molar refractivity (Wildman–Crippen MR) is 70.1 cm³/mol. The Labute approximate surface area is 108 Å². The number of hydrogen-bond acceptors (Lipinski definition) is 3. The second kappa shape index (κ2) is 5.57. The van der Waals surface area contributed by atoms with Crippen molar-refractivity contribution in [2.75, 3.05) is 7.05 Å². The highest BCUT2D eigenvalue weighted by molar-refractivity contribution is 5.91. The summed E-state index contributed by atoms with van der Waals surface area (Å²) in [7, 11) is 1.87. The van der Waals surface area contributed by atoms with Crippen molar-refractivity contribution in [3.05, 3.63) is 23.7 Å². The van der Waals surface area contributed by atoms with Gasteiger partial charge in [0.25, 0.3) is 5.91 Å². The van der Waals surface area contributed by atoms with E-state index in [1.165, 1.54) is 12.8 Å². The van der Waals surface area contributed by atoms with E-state index in [1.54, 1.807) is 12.1 Å². The maximum Gasteiger partial charge on any atom is 0.289 e. The highest BCUT2D eigenvalue weighted by Gasteiger charge is 2.26. The van der Waals surface area contributed by atoms with Gasteiger partial charge in [0.2, 0.25) is 0 Å². The molecule has 0 bridgehead atoms. The van der Waals surface area contributed by atoms with Crippen molar-refractivity contribution >= 4 is 5.91 Å². The minimum absolute atomic E-state index is 0.0331. The summed E-state index contributed by atoms with van der Waals surface area (Å²) in [6.07, 6.45) is 4.59. The molecule has 18 heavy (non-hydrogen) atoms. The molecule has 2 rings (SSSR count). The highest BCUT2D eigenvalue weighted by atomic mass is 16.4. The molecule has 4 nitrogen and oxygen atoms in total.